The van der Waals surface area contributed by atoms with Crippen LogP contribution in [0.3, 0.4) is 0 Å². The summed E-state index contributed by atoms with van der Waals surface area (Å²) in [6.07, 6.45) is 0.591. The molecule has 0 spiro atoms. The van der Waals surface area contributed by atoms with Gasteiger partial charge in [0.05, 0.1) is 18.1 Å². The Kier molecular flexibility index (Phi) is 3.85. The summed E-state index contributed by atoms with van der Waals surface area (Å²) in [6, 6.07) is 12.4. The number of rotatable bonds is 2. The third-order valence-corrected chi connectivity index (χ3v) is 3.50. The van der Waals surface area contributed by atoms with Gasteiger partial charge in [-0.2, -0.15) is 0 Å². The predicted octanol–water partition coefficient (Wildman–Crippen LogP) is 3.91. The number of hydrogen-bond donors (Lipinski definition) is 0. The molecule has 0 aliphatic carbocycles. The van der Waals surface area contributed by atoms with Crippen molar-refractivity contribution in [1.82, 2.24) is 0 Å². The average Bonchev–Trinajstić information content (AvgIpc) is 2.55. The van der Waals surface area contributed by atoms with E-state index in [1.807, 2.05) is 30.3 Å². The topological polar surface area (TPSA) is 65.7 Å². The molecule has 1 heterocycles. The third-order valence-electron chi connectivity index (χ3n) is 3.50. The van der Waals surface area contributed by atoms with E-state index < -0.39 is 6.16 Å². The zero-order chi connectivity index (χ0) is 16.4. The maximum Gasteiger partial charge on any atom is 0.513 e. The molecule has 0 N–H and O–H groups in total. The first-order valence-corrected chi connectivity index (χ1v) is 6.97. The molecule has 2 aromatic carbocycles. The first-order valence-electron chi connectivity index (χ1n) is 6.97. The van der Waals surface area contributed by atoms with Gasteiger partial charge >= 0.3 is 6.16 Å². The van der Waals surface area contributed by atoms with E-state index in [1.54, 1.807) is 13.0 Å². The number of carbonyl (C=O) groups is 1. The SMILES string of the molecule is COC(=O)Oc1cc(C)c2c(=O)c(-c3ccccc3)coc2c1. The first-order chi connectivity index (χ1) is 11.1. The van der Waals surface area contributed by atoms with Crippen molar-refractivity contribution in [2.24, 2.45) is 0 Å². The quantitative estimate of drug-likeness (QED) is 0.530. The summed E-state index contributed by atoms with van der Waals surface area (Å²) in [7, 11) is 1.22. The van der Waals surface area contributed by atoms with E-state index in [4.69, 9.17) is 9.15 Å². The lowest BCUT2D eigenvalue weighted by Crippen LogP contribution is -2.09. The Hall–Kier alpha value is -3.08. The van der Waals surface area contributed by atoms with Crippen molar-refractivity contribution in [3.63, 3.8) is 0 Å². The average molecular weight is 310 g/mol. The van der Waals surface area contributed by atoms with Crippen LogP contribution in [0.4, 0.5) is 4.79 Å². The van der Waals surface area contributed by atoms with Crippen molar-refractivity contribution in [2.45, 2.75) is 6.92 Å². The van der Waals surface area contributed by atoms with E-state index in [0.717, 1.165) is 5.56 Å². The summed E-state index contributed by atoms with van der Waals surface area (Å²) in [5.74, 6) is 0.262. The molecular weight excluding hydrogens is 296 g/mol. The number of hydrogen-bond acceptors (Lipinski definition) is 5. The Balaban J connectivity index is 2.16. The van der Waals surface area contributed by atoms with Crippen molar-refractivity contribution in [3.05, 3.63) is 64.5 Å². The van der Waals surface area contributed by atoms with Gasteiger partial charge in [-0.15, -0.1) is 0 Å². The standard InChI is InChI=1S/C18H14O5/c1-11-8-13(23-18(20)21-2)9-15-16(11)17(19)14(10-22-15)12-6-4-3-5-7-12/h3-10H,1-2H3. The molecule has 5 heteroatoms. The second kappa shape index (κ2) is 5.96. The van der Waals surface area contributed by atoms with Crippen LogP contribution in [0.25, 0.3) is 22.1 Å². The van der Waals surface area contributed by atoms with Crippen molar-refractivity contribution >= 4 is 17.1 Å². The highest BCUT2D eigenvalue weighted by atomic mass is 16.7. The molecule has 0 aliphatic heterocycles. The highest BCUT2D eigenvalue weighted by Crippen LogP contribution is 2.26. The maximum atomic E-state index is 12.7. The summed E-state index contributed by atoms with van der Waals surface area (Å²) in [4.78, 5) is 23.9. The van der Waals surface area contributed by atoms with Crippen molar-refractivity contribution < 1.29 is 18.7 Å². The summed E-state index contributed by atoms with van der Waals surface area (Å²) in [5, 5.41) is 0.462. The minimum atomic E-state index is -0.827. The molecule has 1 aromatic heterocycles. The summed E-state index contributed by atoms with van der Waals surface area (Å²) in [5.41, 5.74) is 2.17. The molecule has 0 radical (unpaired) electrons. The van der Waals surface area contributed by atoms with Crippen LogP contribution in [0.2, 0.25) is 0 Å². The second-order valence-electron chi connectivity index (χ2n) is 5.01. The van der Waals surface area contributed by atoms with Crippen LogP contribution >= 0.6 is 0 Å². The molecule has 116 valence electrons. The van der Waals surface area contributed by atoms with Gasteiger partial charge in [0.1, 0.15) is 17.6 Å². The molecule has 5 nitrogen and oxygen atoms in total. The van der Waals surface area contributed by atoms with Gasteiger partial charge in [0.25, 0.3) is 0 Å². The number of benzene rings is 2. The number of ether oxygens (including phenoxy) is 2. The third kappa shape index (κ3) is 2.81. The van der Waals surface area contributed by atoms with E-state index in [-0.39, 0.29) is 11.2 Å². The molecule has 0 unspecified atom stereocenters. The van der Waals surface area contributed by atoms with Gasteiger partial charge in [-0.25, -0.2) is 4.79 Å². The van der Waals surface area contributed by atoms with Crippen molar-refractivity contribution in [1.29, 1.82) is 0 Å². The fraction of sp³-hybridized carbons (Fsp3) is 0.111. The molecule has 0 aliphatic rings. The Labute approximate surface area is 132 Å². The van der Waals surface area contributed by atoms with Gasteiger partial charge in [-0.3, -0.25) is 4.79 Å². The van der Waals surface area contributed by atoms with E-state index in [2.05, 4.69) is 4.74 Å². The van der Waals surface area contributed by atoms with E-state index in [9.17, 15) is 9.59 Å². The van der Waals surface area contributed by atoms with E-state index in [1.165, 1.54) is 19.4 Å². The monoisotopic (exact) mass is 310 g/mol. The van der Waals surface area contributed by atoms with Crippen LogP contribution in [-0.4, -0.2) is 13.3 Å². The zero-order valence-electron chi connectivity index (χ0n) is 12.7. The lowest BCUT2D eigenvalue weighted by Gasteiger charge is -2.08. The van der Waals surface area contributed by atoms with Gasteiger partial charge < -0.3 is 13.9 Å². The molecule has 0 saturated heterocycles. The summed E-state index contributed by atoms with van der Waals surface area (Å²) < 4.78 is 15.0. The largest absolute Gasteiger partial charge is 0.513 e. The number of methoxy groups -OCH3 is 1. The van der Waals surface area contributed by atoms with Crippen LogP contribution in [0.15, 0.2) is 57.9 Å². The normalized spacial score (nSPS) is 10.5. The molecular formula is C18H14O5. The van der Waals surface area contributed by atoms with Crippen LogP contribution in [-0.2, 0) is 4.74 Å². The van der Waals surface area contributed by atoms with Gasteiger partial charge in [0.15, 0.2) is 0 Å². The fourth-order valence-corrected chi connectivity index (χ4v) is 2.43. The highest BCUT2D eigenvalue weighted by Gasteiger charge is 2.14. The summed E-state index contributed by atoms with van der Waals surface area (Å²) in [6.45, 7) is 1.76. The van der Waals surface area contributed by atoms with Crippen molar-refractivity contribution in [3.8, 4) is 16.9 Å². The van der Waals surface area contributed by atoms with E-state index >= 15 is 0 Å². The predicted molar refractivity (Wildman–Crippen MR) is 85.7 cm³/mol. The van der Waals surface area contributed by atoms with Gasteiger partial charge in [0, 0.05) is 6.07 Å². The Morgan fingerprint density at radius 2 is 1.87 bits per heavy atom. The lowest BCUT2D eigenvalue weighted by atomic mass is 10.0. The van der Waals surface area contributed by atoms with Gasteiger partial charge in [-0.1, -0.05) is 30.3 Å². The molecule has 23 heavy (non-hydrogen) atoms. The Bertz CT molecular complexity index is 925. The smallest absolute Gasteiger partial charge is 0.463 e. The number of aryl methyl sites for hydroxylation is 1. The first kappa shape index (κ1) is 14.8. The van der Waals surface area contributed by atoms with Crippen LogP contribution in [0.5, 0.6) is 5.75 Å². The molecule has 0 saturated carbocycles. The van der Waals surface area contributed by atoms with Crippen LogP contribution < -0.4 is 10.2 Å². The van der Waals surface area contributed by atoms with E-state index in [0.29, 0.717) is 22.1 Å². The Morgan fingerprint density at radius 1 is 1.13 bits per heavy atom. The lowest BCUT2D eigenvalue weighted by molar-refractivity contribution is 0.121. The van der Waals surface area contributed by atoms with Crippen LogP contribution in [0.1, 0.15) is 5.56 Å². The minimum absolute atomic E-state index is 0.125. The second-order valence-corrected chi connectivity index (χ2v) is 5.01. The van der Waals surface area contributed by atoms with Gasteiger partial charge in [0.2, 0.25) is 5.43 Å². The molecule has 0 bridgehead atoms. The molecule has 3 aromatic rings. The Morgan fingerprint density at radius 3 is 2.57 bits per heavy atom. The number of fused-ring (bicyclic) bond motifs is 1. The number of carbonyl (C=O) groups excluding carboxylic acids is 1. The molecule has 3 rings (SSSR count). The van der Waals surface area contributed by atoms with Gasteiger partial charge in [-0.05, 0) is 24.1 Å². The van der Waals surface area contributed by atoms with Crippen molar-refractivity contribution in [2.75, 3.05) is 7.11 Å². The zero-order valence-corrected chi connectivity index (χ0v) is 12.7. The molecule has 0 fully saturated rings. The highest BCUT2D eigenvalue weighted by molar-refractivity contribution is 5.86. The maximum absolute atomic E-state index is 12.7. The fourth-order valence-electron chi connectivity index (χ4n) is 2.43. The van der Waals surface area contributed by atoms with Crippen LogP contribution in [0, 0.1) is 6.92 Å². The molecule has 0 amide bonds. The summed E-state index contributed by atoms with van der Waals surface area (Å²) >= 11 is 0. The minimum Gasteiger partial charge on any atom is -0.463 e. The molecule has 0 atom stereocenters.